The molecule has 0 saturated heterocycles. The zero-order valence-corrected chi connectivity index (χ0v) is 13.4. The van der Waals surface area contributed by atoms with Gasteiger partial charge in [0.15, 0.2) is 0 Å². The molecule has 0 aliphatic heterocycles. The summed E-state index contributed by atoms with van der Waals surface area (Å²) in [6.45, 7) is 1.72. The molecule has 1 aromatic carbocycles. The third-order valence-corrected chi connectivity index (χ3v) is 4.13. The standard InChI is InChI=1S/C17H24FN3O2/c1-12(14-9-5-6-10-15(14)18)19-11-16(22)21-17(23)20-13-7-3-2-4-8-13/h5-6,9-10,12-13,19H,2-4,7-8,11H2,1H3,(H2,20,21,22,23). The van der Waals surface area contributed by atoms with Crippen molar-refractivity contribution in [3.63, 3.8) is 0 Å². The zero-order valence-electron chi connectivity index (χ0n) is 13.4. The van der Waals surface area contributed by atoms with Crippen molar-refractivity contribution in [2.45, 2.75) is 51.1 Å². The van der Waals surface area contributed by atoms with Crippen LogP contribution in [0, 0.1) is 5.82 Å². The van der Waals surface area contributed by atoms with Gasteiger partial charge in [-0.05, 0) is 25.8 Å². The molecule has 1 unspecified atom stereocenters. The van der Waals surface area contributed by atoms with Gasteiger partial charge in [-0.15, -0.1) is 0 Å². The molecule has 6 heteroatoms. The quantitative estimate of drug-likeness (QED) is 0.781. The number of amides is 3. The summed E-state index contributed by atoms with van der Waals surface area (Å²) in [5, 5.41) is 8.04. The van der Waals surface area contributed by atoms with E-state index in [0.717, 1.165) is 25.7 Å². The van der Waals surface area contributed by atoms with Gasteiger partial charge in [-0.3, -0.25) is 10.1 Å². The lowest BCUT2D eigenvalue weighted by atomic mass is 9.96. The number of benzene rings is 1. The first-order valence-corrected chi connectivity index (χ1v) is 8.14. The number of imide groups is 1. The van der Waals surface area contributed by atoms with E-state index in [4.69, 9.17) is 0 Å². The van der Waals surface area contributed by atoms with Gasteiger partial charge >= 0.3 is 6.03 Å². The SMILES string of the molecule is CC(NCC(=O)NC(=O)NC1CCCCC1)c1ccccc1F. The molecule has 1 aromatic rings. The number of urea groups is 1. The third-order valence-electron chi connectivity index (χ3n) is 4.13. The van der Waals surface area contributed by atoms with Gasteiger partial charge in [-0.25, -0.2) is 9.18 Å². The maximum atomic E-state index is 13.6. The average Bonchev–Trinajstić information content (AvgIpc) is 2.54. The maximum absolute atomic E-state index is 13.6. The van der Waals surface area contributed by atoms with E-state index in [1.807, 2.05) is 0 Å². The number of carbonyl (C=O) groups is 2. The highest BCUT2D eigenvalue weighted by Gasteiger charge is 2.17. The lowest BCUT2D eigenvalue weighted by molar-refractivity contribution is -0.119. The molecule has 0 heterocycles. The minimum absolute atomic E-state index is 0.0480. The molecular formula is C17H24FN3O2. The Hall–Kier alpha value is -1.95. The average molecular weight is 321 g/mol. The van der Waals surface area contributed by atoms with E-state index in [9.17, 15) is 14.0 Å². The van der Waals surface area contributed by atoms with E-state index < -0.39 is 11.9 Å². The molecule has 0 spiro atoms. The van der Waals surface area contributed by atoms with Crippen LogP contribution >= 0.6 is 0 Å². The second kappa shape index (κ2) is 8.62. The van der Waals surface area contributed by atoms with Crippen LogP contribution in [0.1, 0.15) is 50.6 Å². The minimum atomic E-state index is -0.456. The van der Waals surface area contributed by atoms with Gasteiger partial charge in [-0.1, -0.05) is 37.5 Å². The molecule has 0 radical (unpaired) electrons. The summed E-state index contributed by atoms with van der Waals surface area (Å²) in [4.78, 5) is 23.5. The van der Waals surface area contributed by atoms with Gasteiger partial charge in [-0.2, -0.15) is 0 Å². The van der Waals surface area contributed by atoms with Gasteiger partial charge in [0.1, 0.15) is 5.82 Å². The number of hydrogen-bond acceptors (Lipinski definition) is 3. The molecule has 1 fully saturated rings. The first-order chi connectivity index (χ1) is 11.1. The van der Waals surface area contributed by atoms with Crippen LogP contribution in [0.15, 0.2) is 24.3 Å². The fraction of sp³-hybridized carbons (Fsp3) is 0.529. The van der Waals surface area contributed by atoms with Crippen LogP contribution in [0.4, 0.5) is 9.18 Å². The first-order valence-electron chi connectivity index (χ1n) is 8.14. The smallest absolute Gasteiger partial charge is 0.321 e. The van der Waals surface area contributed by atoms with Gasteiger partial charge in [0.2, 0.25) is 5.91 Å². The van der Waals surface area contributed by atoms with Crippen LogP contribution in [0.2, 0.25) is 0 Å². The van der Waals surface area contributed by atoms with E-state index >= 15 is 0 Å². The Balaban J connectivity index is 1.72. The maximum Gasteiger partial charge on any atom is 0.321 e. The van der Waals surface area contributed by atoms with Crippen LogP contribution in [0.3, 0.4) is 0 Å². The van der Waals surface area contributed by atoms with Crippen molar-refractivity contribution in [1.82, 2.24) is 16.0 Å². The van der Waals surface area contributed by atoms with E-state index in [1.165, 1.54) is 12.5 Å². The Morgan fingerprint density at radius 1 is 1.22 bits per heavy atom. The highest BCUT2D eigenvalue weighted by molar-refractivity contribution is 5.95. The van der Waals surface area contributed by atoms with Gasteiger partial charge in [0.05, 0.1) is 6.54 Å². The third kappa shape index (κ3) is 5.63. The lowest BCUT2D eigenvalue weighted by Gasteiger charge is -2.22. The van der Waals surface area contributed by atoms with E-state index in [2.05, 4.69) is 16.0 Å². The number of halogens is 1. The second-order valence-electron chi connectivity index (χ2n) is 5.98. The van der Waals surface area contributed by atoms with Crippen LogP contribution in [0.25, 0.3) is 0 Å². The Kier molecular flexibility index (Phi) is 6.52. The Morgan fingerprint density at radius 3 is 2.61 bits per heavy atom. The normalized spacial score (nSPS) is 16.6. The van der Waals surface area contributed by atoms with Gasteiger partial charge < -0.3 is 10.6 Å². The lowest BCUT2D eigenvalue weighted by Crippen LogP contribution is -2.47. The fourth-order valence-electron chi connectivity index (χ4n) is 2.82. The van der Waals surface area contributed by atoms with Crippen LogP contribution < -0.4 is 16.0 Å². The molecule has 1 aliphatic carbocycles. The van der Waals surface area contributed by atoms with Crippen LogP contribution in [-0.2, 0) is 4.79 Å². The van der Waals surface area contributed by atoms with Gasteiger partial charge in [0, 0.05) is 17.6 Å². The first kappa shape index (κ1) is 17.4. The Labute approximate surface area is 136 Å². The predicted molar refractivity (Wildman–Crippen MR) is 86.4 cm³/mol. The topological polar surface area (TPSA) is 70.2 Å². The number of rotatable bonds is 5. The van der Waals surface area contributed by atoms with Gasteiger partial charge in [0.25, 0.3) is 0 Å². The van der Waals surface area contributed by atoms with E-state index in [1.54, 1.807) is 25.1 Å². The van der Waals surface area contributed by atoms with Crippen molar-refractivity contribution in [2.75, 3.05) is 6.54 Å². The molecule has 2 rings (SSSR count). The monoisotopic (exact) mass is 321 g/mol. The minimum Gasteiger partial charge on any atom is -0.335 e. The van der Waals surface area contributed by atoms with Crippen molar-refractivity contribution < 1.29 is 14.0 Å². The van der Waals surface area contributed by atoms with Crippen molar-refractivity contribution in [2.24, 2.45) is 0 Å². The van der Waals surface area contributed by atoms with Crippen molar-refractivity contribution in [3.05, 3.63) is 35.6 Å². The molecular weight excluding hydrogens is 297 g/mol. The van der Waals surface area contributed by atoms with Crippen molar-refractivity contribution in [1.29, 1.82) is 0 Å². The summed E-state index contributed by atoms with van der Waals surface area (Å²) >= 11 is 0. The summed E-state index contributed by atoms with van der Waals surface area (Å²) in [5.41, 5.74) is 0.493. The Morgan fingerprint density at radius 2 is 1.91 bits per heavy atom. The largest absolute Gasteiger partial charge is 0.335 e. The predicted octanol–water partition coefficient (Wildman–Crippen LogP) is 2.63. The summed E-state index contributed by atoms with van der Waals surface area (Å²) in [5.74, 6) is -0.746. The highest BCUT2D eigenvalue weighted by Crippen LogP contribution is 2.17. The Bertz CT molecular complexity index is 544. The zero-order chi connectivity index (χ0) is 16.7. The molecule has 3 amide bonds. The molecule has 1 atom stereocenters. The number of nitrogens with one attached hydrogen (secondary N) is 3. The molecule has 0 aromatic heterocycles. The number of carbonyl (C=O) groups excluding carboxylic acids is 2. The van der Waals surface area contributed by atoms with Crippen molar-refractivity contribution in [3.8, 4) is 0 Å². The number of hydrogen-bond donors (Lipinski definition) is 3. The van der Waals surface area contributed by atoms with Crippen LogP contribution in [-0.4, -0.2) is 24.5 Å². The second-order valence-corrected chi connectivity index (χ2v) is 5.98. The summed E-state index contributed by atoms with van der Waals surface area (Å²) in [7, 11) is 0. The fourth-order valence-corrected chi connectivity index (χ4v) is 2.82. The summed E-state index contributed by atoms with van der Waals surface area (Å²) < 4.78 is 13.6. The van der Waals surface area contributed by atoms with E-state index in [-0.39, 0.29) is 24.4 Å². The molecule has 5 nitrogen and oxygen atoms in total. The molecule has 1 aliphatic rings. The summed E-state index contributed by atoms with van der Waals surface area (Å²) in [6.07, 6.45) is 5.35. The molecule has 126 valence electrons. The van der Waals surface area contributed by atoms with Crippen LogP contribution in [0.5, 0.6) is 0 Å². The van der Waals surface area contributed by atoms with Crippen molar-refractivity contribution >= 4 is 11.9 Å². The molecule has 3 N–H and O–H groups in total. The molecule has 23 heavy (non-hydrogen) atoms. The highest BCUT2D eigenvalue weighted by atomic mass is 19.1. The van der Waals surface area contributed by atoms with E-state index in [0.29, 0.717) is 5.56 Å². The summed E-state index contributed by atoms with van der Waals surface area (Å²) in [6, 6.07) is 5.79. The molecule has 1 saturated carbocycles. The molecule has 0 bridgehead atoms.